The molecule has 1 aromatic heterocycles. The lowest BCUT2D eigenvalue weighted by atomic mass is 10.3. The van der Waals surface area contributed by atoms with Crippen molar-refractivity contribution < 1.29 is 4.79 Å². The van der Waals surface area contributed by atoms with Gasteiger partial charge in [-0.05, 0) is 13.3 Å². The van der Waals surface area contributed by atoms with Gasteiger partial charge in [0.2, 0.25) is 11.0 Å². The van der Waals surface area contributed by atoms with Crippen LogP contribution < -0.4 is 10.6 Å². The predicted octanol–water partition coefficient (Wildman–Crippen LogP) is 1.33. The van der Waals surface area contributed by atoms with Crippen molar-refractivity contribution in [2.45, 2.75) is 32.7 Å². The van der Waals surface area contributed by atoms with Crippen LogP contribution in [0.4, 0.5) is 5.13 Å². The number of halogens is 2. The fourth-order valence-electron chi connectivity index (χ4n) is 2.13. The maximum absolute atomic E-state index is 11.9. The molecule has 0 bridgehead atoms. The first-order chi connectivity index (χ1) is 9.11. The summed E-state index contributed by atoms with van der Waals surface area (Å²) >= 11 is 1.44. The van der Waals surface area contributed by atoms with E-state index in [1.807, 2.05) is 4.90 Å². The molecule has 1 aliphatic heterocycles. The third kappa shape index (κ3) is 5.25. The van der Waals surface area contributed by atoms with E-state index < -0.39 is 6.04 Å². The van der Waals surface area contributed by atoms with Crippen LogP contribution in [0.5, 0.6) is 0 Å². The Morgan fingerprint density at radius 1 is 1.33 bits per heavy atom. The number of hydrogen-bond donors (Lipinski definition) is 1. The maximum Gasteiger partial charge on any atom is 0.239 e. The van der Waals surface area contributed by atoms with Gasteiger partial charge in [0.15, 0.2) is 0 Å². The van der Waals surface area contributed by atoms with Gasteiger partial charge < -0.3 is 15.5 Å². The van der Waals surface area contributed by atoms with Crippen molar-refractivity contribution >= 4 is 47.4 Å². The Hall–Kier alpha value is -0.630. The van der Waals surface area contributed by atoms with Crippen LogP contribution in [0.25, 0.3) is 0 Å². The Morgan fingerprint density at radius 2 is 2.05 bits per heavy atom. The van der Waals surface area contributed by atoms with Crippen molar-refractivity contribution in [2.75, 3.05) is 31.1 Å². The lowest BCUT2D eigenvalue weighted by molar-refractivity contribution is -0.131. The molecule has 6 nitrogen and oxygen atoms in total. The molecule has 0 aliphatic carbocycles. The van der Waals surface area contributed by atoms with Crippen LogP contribution in [0.1, 0.15) is 26.1 Å². The summed E-state index contributed by atoms with van der Waals surface area (Å²) in [5.41, 5.74) is 5.66. The van der Waals surface area contributed by atoms with Gasteiger partial charge in [0.05, 0.1) is 6.04 Å². The highest BCUT2D eigenvalue weighted by Crippen LogP contribution is 2.19. The second-order valence-corrected chi connectivity index (χ2v) is 5.53. The van der Waals surface area contributed by atoms with Crippen LogP contribution in [-0.4, -0.2) is 52.4 Å². The van der Waals surface area contributed by atoms with Crippen LogP contribution in [-0.2, 0) is 11.2 Å². The quantitative estimate of drug-likeness (QED) is 0.884. The van der Waals surface area contributed by atoms with E-state index >= 15 is 0 Å². The van der Waals surface area contributed by atoms with E-state index in [2.05, 4.69) is 21.2 Å². The van der Waals surface area contributed by atoms with Crippen LogP contribution in [0, 0.1) is 0 Å². The fourth-order valence-corrected chi connectivity index (χ4v) is 2.94. The molecular formula is C12H23Cl2N5OS. The van der Waals surface area contributed by atoms with Crippen molar-refractivity contribution in [1.82, 2.24) is 14.3 Å². The number of nitrogens with zero attached hydrogens (tertiary/aromatic N) is 4. The van der Waals surface area contributed by atoms with Gasteiger partial charge in [0.25, 0.3) is 0 Å². The minimum Gasteiger partial charge on any atom is -0.345 e. The summed E-state index contributed by atoms with van der Waals surface area (Å²) in [6.07, 6.45) is 1.80. The molecule has 2 rings (SSSR count). The number of hydrogen-bond acceptors (Lipinski definition) is 6. The molecule has 0 spiro atoms. The van der Waals surface area contributed by atoms with Gasteiger partial charge in [-0.2, -0.15) is 4.37 Å². The Bertz CT molecular complexity index is 443. The van der Waals surface area contributed by atoms with E-state index in [0.717, 1.165) is 43.4 Å². The Kier molecular flexibility index (Phi) is 9.12. The van der Waals surface area contributed by atoms with E-state index in [1.165, 1.54) is 11.5 Å². The summed E-state index contributed by atoms with van der Waals surface area (Å²) in [4.78, 5) is 20.5. The van der Waals surface area contributed by atoms with Gasteiger partial charge in [-0.1, -0.05) is 6.92 Å². The standard InChI is InChI=1S/C12H21N5OS.2ClH/c1-3-10-14-12(19-15-10)17-6-4-5-16(7-8-17)11(18)9(2)13;;/h9H,3-8,13H2,1-2H3;2*1H/t9-;;/m1../s1. The summed E-state index contributed by atoms with van der Waals surface area (Å²) in [5.74, 6) is 0.932. The number of aryl methyl sites for hydroxylation is 1. The second-order valence-electron chi connectivity index (χ2n) is 4.80. The van der Waals surface area contributed by atoms with E-state index in [1.54, 1.807) is 6.92 Å². The Balaban J connectivity index is 0.00000200. The molecule has 1 amide bonds. The lowest BCUT2D eigenvalue weighted by Gasteiger charge is -2.22. The maximum atomic E-state index is 11.9. The molecule has 2 heterocycles. The van der Waals surface area contributed by atoms with Gasteiger partial charge in [-0.15, -0.1) is 24.8 Å². The van der Waals surface area contributed by atoms with Gasteiger partial charge in [0, 0.05) is 44.1 Å². The van der Waals surface area contributed by atoms with E-state index in [9.17, 15) is 4.79 Å². The van der Waals surface area contributed by atoms with Gasteiger partial charge >= 0.3 is 0 Å². The molecule has 0 radical (unpaired) electrons. The minimum atomic E-state index is -0.417. The Labute approximate surface area is 142 Å². The lowest BCUT2D eigenvalue weighted by Crippen LogP contribution is -2.43. The first kappa shape index (κ1) is 20.4. The second kappa shape index (κ2) is 9.40. The zero-order valence-electron chi connectivity index (χ0n) is 12.3. The van der Waals surface area contributed by atoms with Crippen molar-refractivity contribution in [3.05, 3.63) is 5.82 Å². The Morgan fingerprint density at radius 3 is 2.62 bits per heavy atom. The highest BCUT2D eigenvalue weighted by Gasteiger charge is 2.22. The summed E-state index contributed by atoms with van der Waals surface area (Å²) < 4.78 is 4.31. The zero-order chi connectivity index (χ0) is 13.8. The molecule has 2 N–H and O–H groups in total. The van der Waals surface area contributed by atoms with Gasteiger partial charge in [0.1, 0.15) is 5.82 Å². The van der Waals surface area contributed by atoms with Crippen LogP contribution in [0.15, 0.2) is 0 Å². The predicted molar refractivity (Wildman–Crippen MR) is 90.8 cm³/mol. The zero-order valence-corrected chi connectivity index (χ0v) is 14.8. The van der Waals surface area contributed by atoms with Gasteiger partial charge in [-0.3, -0.25) is 4.79 Å². The average molecular weight is 356 g/mol. The van der Waals surface area contributed by atoms with Crippen molar-refractivity contribution in [1.29, 1.82) is 0 Å². The number of anilines is 1. The number of amides is 1. The number of rotatable bonds is 3. The third-order valence-electron chi connectivity index (χ3n) is 3.24. The molecule has 21 heavy (non-hydrogen) atoms. The highest BCUT2D eigenvalue weighted by molar-refractivity contribution is 7.09. The molecule has 0 saturated carbocycles. The molecule has 1 saturated heterocycles. The monoisotopic (exact) mass is 355 g/mol. The smallest absolute Gasteiger partial charge is 0.239 e. The summed E-state index contributed by atoms with van der Waals surface area (Å²) in [6.45, 7) is 7.00. The number of nitrogens with two attached hydrogens (primary N) is 1. The summed E-state index contributed by atoms with van der Waals surface area (Å²) in [5, 5.41) is 0.965. The topological polar surface area (TPSA) is 75.4 Å². The number of carbonyl (C=O) groups excluding carboxylic acids is 1. The van der Waals surface area contributed by atoms with Crippen molar-refractivity contribution in [3.8, 4) is 0 Å². The van der Waals surface area contributed by atoms with Crippen LogP contribution in [0.2, 0.25) is 0 Å². The first-order valence-corrected chi connectivity index (χ1v) is 7.51. The largest absolute Gasteiger partial charge is 0.345 e. The molecule has 1 atom stereocenters. The van der Waals surface area contributed by atoms with Crippen molar-refractivity contribution in [2.24, 2.45) is 5.73 Å². The van der Waals surface area contributed by atoms with Gasteiger partial charge in [-0.25, -0.2) is 4.98 Å². The third-order valence-corrected chi connectivity index (χ3v) is 4.06. The normalized spacial score (nSPS) is 16.5. The number of carbonyl (C=O) groups is 1. The molecule has 122 valence electrons. The first-order valence-electron chi connectivity index (χ1n) is 6.73. The summed E-state index contributed by atoms with van der Waals surface area (Å²) in [7, 11) is 0. The van der Waals surface area contributed by atoms with E-state index in [-0.39, 0.29) is 30.7 Å². The van der Waals surface area contributed by atoms with E-state index in [4.69, 9.17) is 5.73 Å². The fraction of sp³-hybridized carbons (Fsp3) is 0.750. The molecule has 9 heteroatoms. The molecule has 0 aromatic carbocycles. The minimum absolute atomic E-state index is 0. The SMILES string of the molecule is CCc1nsc(N2CCCN(C(=O)[C@@H](C)N)CC2)n1.Cl.Cl. The molecule has 0 unspecified atom stereocenters. The number of aromatic nitrogens is 2. The van der Waals surface area contributed by atoms with Crippen molar-refractivity contribution in [3.63, 3.8) is 0 Å². The molecular weight excluding hydrogens is 333 g/mol. The average Bonchev–Trinajstić information content (AvgIpc) is 2.75. The van der Waals surface area contributed by atoms with Crippen LogP contribution >= 0.6 is 36.3 Å². The summed E-state index contributed by atoms with van der Waals surface area (Å²) in [6, 6.07) is -0.417. The highest BCUT2D eigenvalue weighted by atomic mass is 35.5. The van der Waals surface area contributed by atoms with Crippen LogP contribution in [0.3, 0.4) is 0 Å². The molecule has 1 fully saturated rings. The molecule has 1 aliphatic rings. The molecule has 1 aromatic rings. The van der Waals surface area contributed by atoms with E-state index in [0.29, 0.717) is 6.54 Å².